The molecule has 0 aromatic rings. The Balaban J connectivity index is -0.0000000360. The summed E-state index contributed by atoms with van der Waals surface area (Å²) in [7, 11) is 1.00. The highest BCUT2D eigenvalue weighted by molar-refractivity contribution is 14.1. The van der Waals surface area contributed by atoms with Gasteiger partial charge in [0, 0.05) is 7.11 Å². The fraction of sp³-hybridized carbons (Fsp3) is 0.750. The summed E-state index contributed by atoms with van der Waals surface area (Å²) < 4.78 is 0. The topological polar surface area (TPSA) is 37.3 Å². The Labute approximate surface area is 58.1 Å². The maximum Gasteiger partial charge on any atom is 0.116 e. The number of aliphatic hydroxyl groups is 1. The van der Waals surface area contributed by atoms with Gasteiger partial charge in [0.25, 0.3) is 0 Å². The van der Waals surface area contributed by atoms with Crippen LogP contribution in [-0.2, 0) is 4.79 Å². The van der Waals surface area contributed by atoms with Crippen molar-refractivity contribution in [2.75, 3.05) is 12.0 Å². The van der Waals surface area contributed by atoms with Crippen molar-refractivity contribution in [3.8, 4) is 0 Å². The molecule has 2 nitrogen and oxygen atoms in total. The highest BCUT2D eigenvalue weighted by atomic mass is 127. The Kier molecular flexibility index (Phi) is 221. The van der Waals surface area contributed by atoms with Crippen LogP contribution in [0, 0.1) is 0 Å². The molecule has 0 spiro atoms. The molecule has 0 rings (SSSR count). The van der Waals surface area contributed by atoms with Crippen LogP contribution in [0.15, 0.2) is 0 Å². The number of hydrogen-bond donors (Lipinski definition) is 1. The largest absolute Gasteiger partial charge is 0.400 e. The highest BCUT2D eigenvalue weighted by Crippen LogP contribution is 1.48. The fourth-order valence-corrected chi connectivity index (χ4v) is 0. The smallest absolute Gasteiger partial charge is 0.116 e. The molecule has 7 heavy (non-hydrogen) atoms. The van der Waals surface area contributed by atoms with Crippen LogP contribution in [-0.4, -0.2) is 23.4 Å². The second kappa shape index (κ2) is 98.8. The van der Waals surface area contributed by atoms with Crippen molar-refractivity contribution < 1.29 is 9.90 Å². The van der Waals surface area contributed by atoms with E-state index < -0.39 is 0 Å². The molecule has 0 unspecified atom stereocenters. The maximum absolute atomic E-state index is 8.81. The summed E-state index contributed by atoms with van der Waals surface area (Å²) in [5.74, 6) is 0. The number of halogens is 1. The van der Waals surface area contributed by atoms with Gasteiger partial charge in [-0.25, -0.2) is 0 Å². The monoisotopic (exact) mass is 218 g/mol. The lowest BCUT2D eigenvalue weighted by Gasteiger charge is -1.23. The molecule has 0 aromatic carbocycles. The van der Waals surface area contributed by atoms with Gasteiger partial charge in [-0.1, -0.05) is 22.6 Å². The predicted octanol–water partition coefficient (Wildman–Crippen LogP) is 0.865. The van der Waals surface area contributed by atoms with Crippen molar-refractivity contribution in [1.82, 2.24) is 0 Å². The van der Waals surface area contributed by atoms with E-state index in [0.717, 1.165) is 13.4 Å². The van der Waals surface area contributed by atoms with E-state index in [0.29, 0.717) is 0 Å². The number of carbonyl (C=O) groups is 1. The minimum atomic E-state index is 0.750. The Morgan fingerprint density at radius 3 is 1.43 bits per heavy atom. The molecule has 3 heteroatoms. The molecule has 46 valence electrons. The van der Waals surface area contributed by atoms with E-state index in [4.69, 9.17) is 9.90 Å². The summed E-state index contributed by atoms with van der Waals surface area (Å²) in [5.41, 5.74) is 0. The van der Waals surface area contributed by atoms with Gasteiger partial charge in [-0.05, 0) is 11.9 Å². The van der Waals surface area contributed by atoms with E-state index in [9.17, 15) is 0 Å². The third-order valence-corrected chi connectivity index (χ3v) is 0. The Morgan fingerprint density at radius 1 is 1.43 bits per heavy atom. The highest BCUT2D eigenvalue weighted by Gasteiger charge is 1.24. The molecule has 0 aromatic heterocycles. The molecule has 0 radical (unpaired) electrons. The number of rotatable bonds is 0. The molecule has 0 bridgehead atoms. The van der Waals surface area contributed by atoms with Gasteiger partial charge >= 0.3 is 0 Å². The van der Waals surface area contributed by atoms with E-state index in [2.05, 4.69) is 22.6 Å². The van der Waals surface area contributed by atoms with E-state index >= 15 is 0 Å². The standard InChI is InChI=1S/C2H4O.CH3I.CH4O/c1-2-3;2*1-2/h2H,1H3;1H3;2H,1H3. The van der Waals surface area contributed by atoms with E-state index in [-0.39, 0.29) is 0 Å². The molecule has 0 saturated heterocycles. The minimum absolute atomic E-state index is 0.750. The molecule has 0 aliphatic heterocycles. The van der Waals surface area contributed by atoms with Crippen molar-refractivity contribution >= 4 is 28.9 Å². The molecule has 0 aliphatic carbocycles. The van der Waals surface area contributed by atoms with Crippen LogP contribution < -0.4 is 0 Å². The predicted molar refractivity (Wildman–Crippen MR) is 39.8 cm³/mol. The summed E-state index contributed by atoms with van der Waals surface area (Å²) >= 11 is 2.15. The van der Waals surface area contributed by atoms with Gasteiger partial charge in [0.15, 0.2) is 0 Å². The summed E-state index contributed by atoms with van der Waals surface area (Å²) in [6.07, 6.45) is 0.750. The van der Waals surface area contributed by atoms with Gasteiger partial charge in [0.2, 0.25) is 0 Å². The zero-order chi connectivity index (χ0) is 6.71. The van der Waals surface area contributed by atoms with E-state index in [1.165, 1.54) is 6.92 Å². The van der Waals surface area contributed by atoms with Crippen LogP contribution in [0.2, 0.25) is 0 Å². The van der Waals surface area contributed by atoms with Crippen LogP contribution >= 0.6 is 22.6 Å². The van der Waals surface area contributed by atoms with Gasteiger partial charge in [0.05, 0.1) is 0 Å². The maximum atomic E-state index is 8.81. The zero-order valence-electron chi connectivity index (χ0n) is 4.81. The number of alkyl halides is 1. The van der Waals surface area contributed by atoms with Crippen molar-refractivity contribution in [1.29, 1.82) is 0 Å². The first-order valence-electron chi connectivity index (χ1n) is 1.64. The molecule has 0 aliphatic rings. The Hall–Kier alpha value is 0.360. The molecule has 0 fully saturated rings. The van der Waals surface area contributed by atoms with Gasteiger partial charge in [-0.2, -0.15) is 0 Å². The van der Waals surface area contributed by atoms with Gasteiger partial charge in [0.1, 0.15) is 6.29 Å². The number of carbonyl (C=O) groups excluding carboxylic acids is 1. The molecule has 0 atom stereocenters. The first-order chi connectivity index (χ1) is 3.41. The van der Waals surface area contributed by atoms with E-state index in [1.54, 1.807) is 0 Å². The number of hydrogen-bond acceptors (Lipinski definition) is 2. The summed E-state index contributed by atoms with van der Waals surface area (Å²) in [6.45, 7) is 1.44. The second-order valence-electron chi connectivity index (χ2n) is 0.236. The summed E-state index contributed by atoms with van der Waals surface area (Å²) in [4.78, 5) is 10.8. The average Bonchev–Trinajstić information content (AvgIpc) is 1.78. The molecule has 1 N–H and O–H groups in total. The van der Waals surface area contributed by atoms with Crippen LogP contribution in [0.3, 0.4) is 0 Å². The quantitative estimate of drug-likeness (QED) is 0.372. The number of aliphatic hydroxyl groups excluding tert-OH is 1. The zero-order valence-corrected chi connectivity index (χ0v) is 6.97. The first kappa shape index (κ1) is 15.7. The van der Waals surface area contributed by atoms with Crippen LogP contribution in [0.4, 0.5) is 0 Å². The van der Waals surface area contributed by atoms with Crippen molar-refractivity contribution in [3.05, 3.63) is 0 Å². The van der Waals surface area contributed by atoms with Gasteiger partial charge in [-0.3, -0.25) is 0 Å². The summed E-state index contributed by atoms with van der Waals surface area (Å²) in [6, 6.07) is 0. The van der Waals surface area contributed by atoms with Gasteiger partial charge < -0.3 is 9.90 Å². The van der Waals surface area contributed by atoms with E-state index in [1.807, 2.05) is 4.93 Å². The van der Waals surface area contributed by atoms with Crippen molar-refractivity contribution in [2.24, 2.45) is 0 Å². The fourth-order valence-electron chi connectivity index (χ4n) is 0. The van der Waals surface area contributed by atoms with Crippen LogP contribution in [0.5, 0.6) is 0 Å². The van der Waals surface area contributed by atoms with Crippen LogP contribution in [0.25, 0.3) is 0 Å². The second-order valence-corrected chi connectivity index (χ2v) is 0.236. The molecule has 0 saturated carbocycles. The Morgan fingerprint density at radius 2 is 1.43 bits per heavy atom. The SMILES string of the molecule is CC=O.CI.CO. The van der Waals surface area contributed by atoms with Gasteiger partial charge in [-0.15, -0.1) is 0 Å². The third kappa shape index (κ3) is 933. The normalized spacial score (nSPS) is 3.57. The van der Waals surface area contributed by atoms with Crippen molar-refractivity contribution in [3.63, 3.8) is 0 Å². The first-order valence-corrected chi connectivity index (χ1v) is 3.80. The van der Waals surface area contributed by atoms with Crippen LogP contribution in [0.1, 0.15) is 6.92 Å². The number of aldehydes is 1. The summed E-state index contributed by atoms with van der Waals surface area (Å²) in [5, 5.41) is 7.00. The van der Waals surface area contributed by atoms with Crippen molar-refractivity contribution in [2.45, 2.75) is 6.92 Å². The Bertz CT molecular complexity index is 17.2. The molecular formula is C4H11IO2. The third-order valence-electron chi connectivity index (χ3n) is 0. The molecule has 0 amide bonds. The molecule has 0 heterocycles. The average molecular weight is 218 g/mol. The minimum Gasteiger partial charge on any atom is -0.400 e. The lowest BCUT2D eigenvalue weighted by atomic mass is 11.0. The molecular weight excluding hydrogens is 207 g/mol. The lowest BCUT2D eigenvalue weighted by molar-refractivity contribution is -0.106. The lowest BCUT2D eigenvalue weighted by Crippen LogP contribution is -1.36.